The highest BCUT2D eigenvalue weighted by atomic mass is 32.1. The lowest BCUT2D eigenvalue weighted by Crippen LogP contribution is -2.37. The molecule has 2 aliphatic carbocycles. The van der Waals surface area contributed by atoms with E-state index < -0.39 is 0 Å². The molecule has 2 aromatic rings. The van der Waals surface area contributed by atoms with Crippen molar-refractivity contribution in [1.29, 1.82) is 0 Å². The Balaban J connectivity index is 1.26. The van der Waals surface area contributed by atoms with Gasteiger partial charge >= 0.3 is 0 Å². The third-order valence-electron chi connectivity index (χ3n) is 5.45. The van der Waals surface area contributed by atoms with E-state index in [9.17, 15) is 4.79 Å². The molecule has 6 heteroatoms. The van der Waals surface area contributed by atoms with Crippen molar-refractivity contribution in [2.75, 3.05) is 6.54 Å². The molecule has 1 amide bonds. The van der Waals surface area contributed by atoms with Crippen LogP contribution in [0.25, 0.3) is 11.5 Å². The van der Waals surface area contributed by atoms with Crippen LogP contribution in [0.3, 0.4) is 0 Å². The number of rotatable bonds is 5. The monoisotopic (exact) mass is 345 g/mol. The molecule has 4 rings (SSSR count). The van der Waals surface area contributed by atoms with E-state index in [-0.39, 0.29) is 11.8 Å². The van der Waals surface area contributed by atoms with Gasteiger partial charge in [-0.25, -0.2) is 0 Å². The zero-order chi connectivity index (χ0) is 16.4. The van der Waals surface area contributed by atoms with E-state index in [0.717, 1.165) is 56.5 Å². The minimum absolute atomic E-state index is 0.265. The van der Waals surface area contributed by atoms with Crippen LogP contribution in [0.2, 0.25) is 0 Å². The molecule has 0 bridgehead atoms. The quantitative estimate of drug-likeness (QED) is 0.890. The summed E-state index contributed by atoms with van der Waals surface area (Å²) in [6.45, 7) is 0.825. The second-order valence-electron chi connectivity index (χ2n) is 7.05. The van der Waals surface area contributed by atoms with Crippen molar-refractivity contribution >= 4 is 17.2 Å². The Kier molecular flexibility index (Phi) is 4.65. The van der Waals surface area contributed by atoms with Crippen molar-refractivity contribution in [1.82, 2.24) is 15.5 Å². The van der Waals surface area contributed by atoms with Gasteiger partial charge in [-0.1, -0.05) is 6.42 Å². The first-order chi connectivity index (χ1) is 11.8. The average Bonchev–Trinajstić information content (AvgIpc) is 3.22. The topological polar surface area (TPSA) is 68.0 Å². The van der Waals surface area contributed by atoms with Gasteiger partial charge in [0, 0.05) is 29.3 Å². The molecule has 0 aromatic carbocycles. The average molecular weight is 345 g/mol. The zero-order valence-electron chi connectivity index (χ0n) is 13.7. The zero-order valence-corrected chi connectivity index (χ0v) is 14.6. The van der Waals surface area contributed by atoms with E-state index in [0.29, 0.717) is 17.7 Å². The lowest BCUT2D eigenvalue weighted by Gasteiger charge is -2.29. The van der Waals surface area contributed by atoms with Crippen molar-refractivity contribution < 1.29 is 9.21 Å². The van der Waals surface area contributed by atoms with Gasteiger partial charge in [-0.3, -0.25) is 4.79 Å². The normalized spacial score (nSPS) is 24.5. The van der Waals surface area contributed by atoms with Gasteiger partial charge < -0.3 is 9.73 Å². The molecule has 2 heterocycles. The number of carbonyl (C=O) groups excluding carboxylic acids is 1. The minimum Gasteiger partial charge on any atom is -0.420 e. The van der Waals surface area contributed by atoms with Crippen molar-refractivity contribution in [2.45, 2.75) is 50.9 Å². The number of hydrogen-bond acceptors (Lipinski definition) is 5. The van der Waals surface area contributed by atoms with E-state index in [1.54, 1.807) is 11.3 Å². The Hall–Kier alpha value is -1.69. The van der Waals surface area contributed by atoms with Crippen LogP contribution in [0.1, 0.15) is 56.8 Å². The Labute approximate surface area is 145 Å². The maximum Gasteiger partial charge on any atom is 0.248 e. The molecule has 24 heavy (non-hydrogen) atoms. The fourth-order valence-electron chi connectivity index (χ4n) is 3.58. The number of aromatic nitrogens is 2. The van der Waals surface area contributed by atoms with Crippen molar-refractivity contribution in [3.63, 3.8) is 0 Å². The third kappa shape index (κ3) is 3.38. The largest absolute Gasteiger partial charge is 0.420 e. The number of thiophene rings is 1. The lowest BCUT2D eigenvalue weighted by molar-refractivity contribution is -0.127. The molecule has 0 atom stereocenters. The van der Waals surface area contributed by atoms with Gasteiger partial charge in [0.05, 0.1) is 0 Å². The summed E-state index contributed by atoms with van der Waals surface area (Å²) in [4.78, 5) is 11.9. The van der Waals surface area contributed by atoms with Crippen LogP contribution in [0.5, 0.6) is 0 Å². The molecular formula is C18H23N3O2S. The molecule has 2 saturated carbocycles. The Morgan fingerprint density at radius 2 is 2.04 bits per heavy atom. The molecule has 2 aliphatic rings. The predicted octanol–water partition coefficient (Wildman–Crippen LogP) is 3.99. The molecule has 1 N–H and O–H groups in total. The summed E-state index contributed by atoms with van der Waals surface area (Å²) in [5.74, 6) is 2.90. The van der Waals surface area contributed by atoms with Crippen LogP contribution in [0.15, 0.2) is 21.2 Å². The summed E-state index contributed by atoms with van der Waals surface area (Å²) in [7, 11) is 0. The van der Waals surface area contributed by atoms with E-state index in [1.807, 2.05) is 16.8 Å². The van der Waals surface area contributed by atoms with Gasteiger partial charge in [-0.2, -0.15) is 11.3 Å². The summed E-state index contributed by atoms with van der Waals surface area (Å²) < 4.78 is 5.87. The lowest BCUT2D eigenvalue weighted by atomic mass is 9.81. The second kappa shape index (κ2) is 7.05. The molecule has 5 nitrogen and oxygen atoms in total. The smallest absolute Gasteiger partial charge is 0.248 e. The second-order valence-corrected chi connectivity index (χ2v) is 7.83. The maximum atomic E-state index is 11.9. The van der Waals surface area contributed by atoms with E-state index in [1.165, 1.54) is 6.42 Å². The van der Waals surface area contributed by atoms with Crippen molar-refractivity contribution in [3.8, 4) is 11.5 Å². The molecular weight excluding hydrogens is 322 g/mol. The molecule has 0 aliphatic heterocycles. The Morgan fingerprint density at radius 1 is 1.21 bits per heavy atom. The third-order valence-corrected chi connectivity index (χ3v) is 6.13. The van der Waals surface area contributed by atoms with Crippen LogP contribution in [-0.2, 0) is 4.79 Å². The predicted molar refractivity (Wildman–Crippen MR) is 92.7 cm³/mol. The van der Waals surface area contributed by atoms with E-state index >= 15 is 0 Å². The molecule has 0 radical (unpaired) electrons. The number of hydrogen-bond donors (Lipinski definition) is 1. The first-order valence-corrected chi connectivity index (χ1v) is 9.87. The maximum absolute atomic E-state index is 11.9. The fraction of sp³-hybridized carbons (Fsp3) is 0.611. The number of carbonyl (C=O) groups is 1. The summed E-state index contributed by atoms with van der Waals surface area (Å²) in [5, 5.41) is 15.6. The van der Waals surface area contributed by atoms with Crippen LogP contribution in [0, 0.1) is 11.8 Å². The van der Waals surface area contributed by atoms with Crippen LogP contribution in [0.4, 0.5) is 0 Å². The number of amides is 1. The van der Waals surface area contributed by atoms with Crippen molar-refractivity contribution in [3.05, 3.63) is 22.7 Å². The molecule has 0 spiro atoms. The fourth-order valence-corrected chi connectivity index (χ4v) is 4.21. The van der Waals surface area contributed by atoms with E-state index in [2.05, 4.69) is 15.5 Å². The van der Waals surface area contributed by atoms with Gasteiger partial charge in [0.1, 0.15) is 0 Å². The molecule has 2 fully saturated rings. The van der Waals surface area contributed by atoms with Crippen molar-refractivity contribution in [2.24, 2.45) is 11.8 Å². The summed E-state index contributed by atoms with van der Waals surface area (Å²) in [6, 6.07) is 2.00. The molecule has 0 saturated heterocycles. The molecule has 128 valence electrons. The summed E-state index contributed by atoms with van der Waals surface area (Å²) in [6.07, 6.45) is 7.72. The Bertz CT molecular complexity index is 670. The van der Waals surface area contributed by atoms with Gasteiger partial charge in [0.2, 0.25) is 17.7 Å². The number of nitrogens with one attached hydrogen (secondary N) is 1. The van der Waals surface area contributed by atoms with Crippen LogP contribution >= 0.6 is 11.3 Å². The summed E-state index contributed by atoms with van der Waals surface area (Å²) in [5.41, 5.74) is 1.01. The highest BCUT2D eigenvalue weighted by Gasteiger charge is 2.29. The van der Waals surface area contributed by atoms with E-state index in [4.69, 9.17) is 4.42 Å². The van der Waals surface area contributed by atoms with Gasteiger partial charge in [-0.05, 0) is 55.9 Å². The SMILES string of the molecule is O=C(NCC1CCC(c2nnc(-c3ccsc3)o2)CC1)C1CCC1. The highest BCUT2D eigenvalue weighted by molar-refractivity contribution is 7.08. The molecule has 2 aromatic heterocycles. The van der Waals surface area contributed by atoms with Gasteiger partial charge in [-0.15, -0.1) is 10.2 Å². The van der Waals surface area contributed by atoms with Crippen LogP contribution in [-0.4, -0.2) is 22.6 Å². The van der Waals surface area contributed by atoms with Gasteiger partial charge in [0.25, 0.3) is 0 Å². The van der Waals surface area contributed by atoms with Crippen LogP contribution < -0.4 is 5.32 Å². The highest BCUT2D eigenvalue weighted by Crippen LogP contribution is 2.36. The number of nitrogens with zero attached hydrogens (tertiary/aromatic N) is 2. The molecule has 0 unspecified atom stereocenters. The first-order valence-electron chi connectivity index (χ1n) is 8.93. The minimum atomic E-state index is 0.265. The first kappa shape index (κ1) is 15.8. The Morgan fingerprint density at radius 3 is 2.71 bits per heavy atom. The standard InChI is InChI=1S/C18H23N3O2S/c22-16(13-2-1-3-13)19-10-12-4-6-14(7-5-12)17-20-21-18(23-17)15-8-9-24-11-15/h8-9,11-14H,1-7,10H2,(H,19,22). The van der Waals surface area contributed by atoms with Gasteiger partial charge in [0.15, 0.2) is 0 Å². The summed E-state index contributed by atoms with van der Waals surface area (Å²) >= 11 is 1.63.